The molecular formula is C28H48O6. The van der Waals surface area contributed by atoms with E-state index in [1.807, 2.05) is 6.92 Å². The van der Waals surface area contributed by atoms with Gasteiger partial charge < -0.3 is 30.6 Å². The fraction of sp³-hybridized carbons (Fsp3) is 0.929. The largest absolute Gasteiger partial charge is 0.396 e. The Kier molecular flexibility index (Phi) is 7.12. The van der Waals surface area contributed by atoms with Crippen LogP contribution < -0.4 is 0 Å². The molecule has 6 N–H and O–H groups in total. The van der Waals surface area contributed by atoms with Crippen LogP contribution >= 0.6 is 0 Å². The van der Waals surface area contributed by atoms with Crippen LogP contribution in [0, 0.1) is 52.3 Å². The van der Waals surface area contributed by atoms with Gasteiger partial charge in [-0.15, -0.1) is 0 Å². The van der Waals surface area contributed by atoms with E-state index in [-0.39, 0.29) is 54.0 Å². The van der Waals surface area contributed by atoms with E-state index >= 15 is 0 Å². The number of rotatable bonds is 5. The third-order valence-electron chi connectivity index (χ3n) is 11.3. The van der Waals surface area contributed by atoms with Gasteiger partial charge in [-0.25, -0.2) is 0 Å². The first-order valence-electron chi connectivity index (χ1n) is 13.5. The van der Waals surface area contributed by atoms with Gasteiger partial charge in [-0.1, -0.05) is 46.8 Å². The van der Waals surface area contributed by atoms with Crippen molar-refractivity contribution in [2.24, 2.45) is 52.3 Å². The van der Waals surface area contributed by atoms with E-state index in [0.29, 0.717) is 12.8 Å². The predicted molar refractivity (Wildman–Crippen MR) is 131 cm³/mol. The molecule has 0 amide bonds. The molecule has 0 bridgehead atoms. The minimum Gasteiger partial charge on any atom is -0.396 e. The molecule has 0 aromatic rings. The van der Waals surface area contributed by atoms with Gasteiger partial charge >= 0.3 is 0 Å². The molecule has 0 aliphatic heterocycles. The molecule has 0 aromatic heterocycles. The maximum atomic E-state index is 12.3. The summed E-state index contributed by atoms with van der Waals surface area (Å²) in [7, 11) is 0. The number of aliphatic hydroxyl groups is 6. The first kappa shape index (κ1) is 26.6. The molecule has 196 valence electrons. The van der Waals surface area contributed by atoms with Crippen molar-refractivity contribution in [1.82, 2.24) is 0 Å². The first-order valence-corrected chi connectivity index (χ1v) is 13.5. The highest BCUT2D eigenvalue weighted by Crippen LogP contribution is 2.69. The highest BCUT2D eigenvalue weighted by molar-refractivity contribution is 5.22. The van der Waals surface area contributed by atoms with Crippen molar-refractivity contribution in [2.75, 3.05) is 6.61 Å². The Morgan fingerprint density at radius 2 is 1.56 bits per heavy atom. The van der Waals surface area contributed by atoms with Crippen LogP contribution in [-0.2, 0) is 0 Å². The van der Waals surface area contributed by atoms with Crippen LogP contribution in [0.3, 0.4) is 0 Å². The lowest BCUT2D eigenvalue weighted by Gasteiger charge is -2.65. The lowest BCUT2D eigenvalue weighted by molar-refractivity contribution is -0.263. The summed E-state index contributed by atoms with van der Waals surface area (Å²) >= 11 is 0. The van der Waals surface area contributed by atoms with Crippen LogP contribution in [0.5, 0.6) is 0 Å². The van der Waals surface area contributed by atoms with Crippen molar-refractivity contribution in [2.45, 2.75) is 103 Å². The zero-order chi connectivity index (χ0) is 25.2. The Balaban J connectivity index is 1.66. The van der Waals surface area contributed by atoms with E-state index in [2.05, 4.69) is 39.8 Å². The molecular weight excluding hydrogens is 432 g/mol. The molecule has 0 spiro atoms. The van der Waals surface area contributed by atoms with Crippen molar-refractivity contribution in [3.63, 3.8) is 0 Å². The van der Waals surface area contributed by atoms with Gasteiger partial charge in [-0.2, -0.15) is 0 Å². The van der Waals surface area contributed by atoms with Crippen molar-refractivity contribution in [1.29, 1.82) is 0 Å². The molecule has 4 rings (SSSR count). The average molecular weight is 481 g/mol. The standard InChI is InChI=1S/C28H48O6/c1-15(17(3)14-29)6-7-16(2)22-23(32)24(33)25-27(22,5)11-9-21-26(4)10-8-18(30)12-19(26)20(31)13-28(21,25)34/h6-7,15-25,29-34H,8-14H2,1-5H3. The lowest BCUT2D eigenvalue weighted by atomic mass is 9.42. The smallest absolute Gasteiger partial charge is 0.0863 e. The van der Waals surface area contributed by atoms with Crippen LogP contribution in [-0.4, -0.2) is 67.3 Å². The van der Waals surface area contributed by atoms with Gasteiger partial charge in [-0.05, 0) is 78.4 Å². The summed E-state index contributed by atoms with van der Waals surface area (Å²) in [4.78, 5) is 0. The predicted octanol–water partition coefficient (Wildman–Crippen LogP) is 2.49. The summed E-state index contributed by atoms with van der Waals surface area (Å²) in [5.41, 5.74) is -2.01. The van der Waals surface area contributed by atoms with E-state index in [0.717, 1.165) is 19.3 Å². The van der Waals surface area contributed by atoms with Crippen molar-refractivity contribution >= 4 is 0 Å². The fourth-order valence-electron chi connectivity index (χ4n) is 9.27. The molecule has 0 radical (unpaired) electrons. The van der Waals surface area contributed by atoms with Crippen LogP contribution in [0.2, 0.25) is 0 Å². The molecule has 0 saturated heterocycles. The Morgan fingerprint density at radius 1 is 0.912 bits per heavy atom. The molecule has 34 heavy (non-hydrogen) atoms. The summed E-state index contributed by atoms with van der Waals surface area (Å²) < 4.78 is 0. The second-order valence-corrected chi connectivity index (χ2v) is 13.1. The zero-order valence-electron chi connectivity index (χ0n) is 21.6. The number of allylic oxidation sites excluding steroid dienone is 2. The quantitative estimate of drug-likeness (QED) is 0.336. The normalized spacial score (nSPS) is 53.6. The number of hydrogen-bond donors (Lipinski definition) is 6. The fourth-order valence-corrected chi connectivity index (χ4v) is 9.27. The Morgan fingerprint density at radius 3 is 2.21 bits per heavy atom. The Hall–Kier alpha value is -0.500. The van der Waals surface area contributed by atoms with E-state index in [4.69, 9.17) is 0 Å². The third kappa shape index (κ3) is 3.83. The van der Waals surface area contributed by atoms with Gasteiger partial charge in [0.05, 0.1) is 30.0 Å². The highest BCUT2D eigenvalue weighted by atomic mass is 16.3. The van der Waals surface area contributed by atoms with Gasteiger partial charge in [0.2, 0.25) is 0 Å². The minimum absolute atomic E-state index is 0.00480. The molecule has 6 heteroatoms. The van der Waals surface area contributed by atoms with Crippen molar-refractivity contribution < 1.29 is 30.6 Å². The molecule has 0 heterocycles. The average Bonchev–Trinajstić information content (AvgIpc) is 2.98. The zero-order valence-corrected chi connectivity index (χ0v) is 21.6. The van der Waals surface area contributed by atoms with Gasteiger partial charge in [0.25, 0.3) is 0 Å². The van der Waals surface area contributed by atoms with Gasteiger partial charge in [0, 0.05) is 18.9 Å². The van der Waals surface area contributed by atoms with Gasteiger partial charge in [-0.3, -0.25) is 0 Å². The summed E-state index contributed by atoms with van der Waals surface area (Å²) in [5.74, 6) is -0.503. The van der Waals surface area contributed by atoms with Crippen molar-refractivity contribution in [3.05, 3.63) is 12.2 Å². The lowest BCUT2D eigenvalue weighted by Crippen LogP contribution is -2.68. The molecule has 14 unspecified atom stereocenters. The molecule has 4 aliphatic carbocycles. The van der Waals surface area contributed by atoms with Crippen molar-refractivity contribution in [3.8, 4) is 0 Å². The van der Waals surface area contributed by atoms with E-state index in [9.17, 15) is 30.6 Å². The third-order valence-corrected chi connectivity index (χ3v) is 11.3. The van der Waals surface area contributed by atoms with E-state index in [1.165, 1.54) is 0 Å². The second kappa shape index (κ2) is 9.11. The molecule has 4 aliphatic rings. The van der Waals surface area contributed by atoms with Crippen LogP contribution in [0.25, 0.3) is 0 Å². The van der Waals surface area contributed by atoms with E-state index in [1.54, 1.807) is 0 Å². The highest BCUT2D eigenvalue weighted by Gasteiger charge is 2.72. The first-order chi connectivity index (χ1) is 15.8. The maximum Gasteiger partial charge on any atom is 0.0863 e. The monoisotopic (exact) mass is 480 g/mol. The van der Waals surface area contributed by atoms with E-state index < -0.39 is 41.3 Å². The van der Waals surface area contributed by atoms with Crippen LogP contribution in [0.1, 0.15) is 73.1 Å². The van der Waals surface area contributed by atoms with Crippen LogP contribution in [0.4, 0.5) is 0 Å². The molecule has 4 fully saturated rings. The summed E-state index contributed by atoms with van der Waals surface area (Å²) in [5, 5.41) is 66.0. The minimum atomic E-state index is -1.25. The second-order valence-electron chi connectivity index (χ2n) is 13.1. The van der Waals surface area contributed by atoms with Gasteiger partial charge in [0.15, 0.2) is 0 Å². The molecule has 14 atom stereocenters. The van der Waals surface area contributed by atoms with Crippen LogP contribution in [0.15, 0.2) is 12.2 Å². The number of fused-ring (bicyclic) bond motifs is 5. The topological polar surface area (TPSA) is 121 Å². The molecule has 0 aromatic carbocycles. The SMILES string of the molecule is CC(C=CC(C)C1C(O)C(O)C2C1(C)CCC1C3(C)CCC(O)CC3C(O)CC12O)C(C)CO. The summed E-state index contributed by atoms with van der Waals surface area (Å²) in [6.07, 6.45) is 4.87. The summed E-state index contributed by atoms with van der Waals surface area (Å²) in [6.45, 7) is 10.6. The summed E-state index contributed by atoms with van der Waals surface area (Å²) in [6, 6.07) is 0. The number of hydrogen-bond acceptors (Lipinski definition) is 6. The molecule has 6 nitrogen and oxygen atoms in total. The van der Waals surface area contributed by atoms with Gasteiger partial charge in [0.1, 0.15) is 0 Å². The Labute approximate surface area is 205 Å². The number of aliphatic hydroxyl groups excluding tert-OH is 5. The molecule has 4 saturated carbocycles. The Bertz CT molecular complexity index is 772. The maximum absolute atomic E-state index is 12.3.